The van der Waals surface area contributed by atoms with Gasteiger partial charge in [0.25, 0.3) is 0 Å². The van der Waals surface area contributed by atoms with E-state index in [-0.39, 0.29) is 0 Å². The van der Waals surface area contributed by atoms with E-state index in [2.05, 4.69) is 54.7 Å². The molecule has 0 aliphatic heterocycles. The summed E-state index contributed by atoms with van der Waals surface area (Å²) in [5.74, 6) is 0.496. The van der Waals surface area contributed by atoms with E-state index >= 15 is 0 Å². The number of hydrogen-bond acceptors (Lipinski definition) is 0. The van der Waals surface area contributed by atoms with Gasteiger partial charge in [0.15, 0.2) is 0 Å². The zero-order chi connectivity index (χ0) is 9.83. The van der Waals surface area contributed by atoms with Gasteiger partial charge in [0, 0.05) is 5.92 Å². The Hall–Kier alpha value is -1.82. The van der Waals surface area contributed by atoms with Crippen molar-refractivity contribution in [3.05, 3.63) is 82.5 Å². The minimum absolute atomic E-state index is 0.496. The molecule has 70 valence electrons. The molecule has 0 aromatic rings. The summed E-state index contributed by atoms with van der Waals surface area (Å²) >= 11 is 0. The minimum atomic E-state index is 0.496. The minimum Gasteiger partial charge on any atom is -0.0726 e. The Morgan fingerprint density at radius 3 is 2.93 bits per heavy atom. The molecule has 0 nitrogen and oxygen atoms in total. The van der Waals surface area contributed by atoms with Gasteiger partial charge in [-0.15, -0.1) is 0 Å². The summed E-state index contributed by atoms with van der Waals surface area (Å²) in [5, 5.41) is 0. The first kappa shape index (κ1) is 7.47. The van der Waals surface area contributed by atoms with Crippen LogP contribution in [0.1, 0.15) is 0 Å². The van der Waals surface area contributed by atoms with E-state index in [9.17, 15) is 0 Å². The van der Waals surface area contributed by atoms with Gasteiger partial charge in [-0.3, -0.25) is 0 Å². The van der Waals surface area contributed by atoms with E-state index in [1.807, 2.05) is 0 Å². The molecule has 0 N–H and O–H groups in total. The van der Waals surface area contributed by atoms with Crippen LogP contribution in [-0.4, -0.2) is 0 Å². The Balaban J connectivity index is 1.92. The van der Waals surface area contributed by atoms with Gasteiger partial charge < -0.3 is 0 Å². The third-order valence-electron chi connectivity index (χ3n) is 3.39. The monoisotopic (exact) mass is 190 g/mol. The largest absolute Gasteiger partial charge is 0.0726 e. The maximum Gasteiger partial charge on any atom is 0.0278 e. The van der Waals surface area contributed by atoms with Gasteiger partial charge in [0.05, 0.1) is 0 Å². The quantitative estimate of drug-likeness (QED) is 0.549. The van der Waals surface area contributed by atoms with E-state index in [4.69, 9.17) is 0 Å². The molecule has 0 heteroatoms. The van der Waals surface area contributed by atoms with Crippen LogP contribution in [0.5, 0.6) is 0 Å². The average Bonchev–Trinajstić information content (AvgIpc) is 2.96. The maximum atomic E-state index is 2.34. The molecule has 0 heterocycles. The second-order valence-corrected chi connectivity index (χ2v) is 4.27. The SMILES string of the molecule is C1=CC2=CC3=C(C=CC=C4C=C43)C2C=C1. The molecule has 15 heavy (non-hydrogen) atoms. The standard InChI is InChI=1S/C15H10/c1-2-6-12-10(4-1)9-15-13(12)7-3-5-11-8-14(11)15/h1-9,12H. The van der Waals surface area contributed by atoms with Gasteiger partial charge in [-0.1, -0.05) is 42.5 Å². The molecule has 4 rings (SSSR count). The first-order valence-electron chi connectivity index (χ1n) is 5.35. The topological polar surface area (TPSA) is 0 Å². The van der Waals surface area contributed by atoms with Crippen LogP contribution < -0.4 is 0 Å². The van der Waals surface area contributed by atoms with E-state index in [0.29, 0.717) is 5.92 Å². The summed E-state index contributed by atoms with van der Waals surface area (Å²) in [6, 6.07) is 0. The lowest BCUT2D eigenvalue weighted by molar-refractivity contribution is 0.966. The first-order valence-corrected chi connectivity index (χ1v) is 5.35. The van der Waals surface area contributed by atoms with Crippen LogP contribution >= 0.6 is 0 Å². The fourth-order valence-corrected chi connectivity index (χ4v) is 2.57. The Labute approximate surface area is 89.0 Å². The van der Waals surface area contributed by atoms with Gasteiger partial charge in [-0.05, 0) is 40.0 Å². The van der Waals surface area contributed by atoms with E-state index in [0.717, 1.165) is 0 Å². The number of rotatable bonds is 0. The second kappa shape index (κ2) is 2.40. The number of fused-ring (bicyclic) bond motifs is 4. The lowest BCUT2D eigenvalue weighted by Gasteiger charge is -2.12. The summed E-state index contributed by atoms with van der Waals surface area (Å²) in [7, 11) is 0. The molecule has 4 aliphatic carbocycles. The predicted octanol–water partition coefficient (Wildman–Crippen LogP) is 3.40. The van der Waals surface area contributed by atoms with Gasteiger partial charge in [-0.25, -0.2) is 0 Å². The first-order chi connectivity index (χ1) is 7.43. The molecule has 0 bridgehead atoms. The van der Waals surface area contributed by atoms with Crippen LogP contribution in [0.25, 0.3) is 0 Å². The van der Waals surface area contributed by atoms with Crippen molar-refractivity contribution in [2.75, 3.05) is 0 Å². The summed E-state index contributed by atoms with van der Waals surface area (Å²) < 4.78 is 0. The highest BCUT2D eigenvalue weighted by Crippen LogP contribution is 2.47. The highest BCUT2D eigenvalue weighted by atomic mass is 14.3. The molecule has 0 saturated carbocycles. The van der Waals surface area contributed by atoms with E-state index < -0.39 is 0 Å². The second-order valence-electron chi connectivity index (χ2n) is 4.27. The highest BCUT2D eigenvalue weighted by Gasteiger charge is 2.31. The van der Waals surface area contributed by atoms with Crippen molar-refractivity contribution in [3.8, 4) is 0 Å². The Bertz CT molecular complexity index is 569. The van der Waals surface area contributed by atoms with Crippen molar-refractivity contribution in [1.82, 2.24) is 0 Å². The van der Waals surface area contributed by atoms with E-state index in [1.54, 1.807) is 0 Å². The Kier molecular flexibility index (Phi) is 1.20. The fourth-order valence-electron chi connectivity index (χ4n) is 2.57. The third kappa shape index (κ3) is 0.913. The van der Waals surface area contributed by atoms with Crippen LogP contribution in [0.15, 0.2) is 82.5 Å². The summed E-state index contributed by atoms with van der Waals surface area (Å²) in [6.45, 7) is 0. The summed E-state index contributed by atoms with van der Waals surface area (Å²) in [6.07, 6.45) is 20.0. The molecule has 0 aromatic heterocycles. The zero-order valence-electron chi connectivity index (χ0n) is 8.27. The normalized spacial score (nSPS) is 28.8. The van der Waals surface area contributed by atoms with Crippen molar-refractivity contribution in [3.63, 3.8) is 0 Å². The summed E-state index contributed by atoms with van der Waals surface area (Å²) in [5.41, 5.74) is 7.17. The van der Waals surface area contributed by atoms with Crippen LogP contribution in [0, 0.1) is 5.92 Å². The smallest absolute Gasteiger partial charge is 0.0278 e. The Morgan fingerprint density at radius 1 is 0.933 bits per heavy atom. The summed E-state index contributed by atoms with van der Waals surface area (Å²) in [4.78, 5) is 0. The molecule has 4 aliphatic rings. The van der Waals surface area contributed by atoms with Crippen molar-refractivity contribution in [1.29, 1.82) is 0 Å². The van der Waals surface area contributed by atoms with Gasteiger partial charge in [0.1, 0.15) is 0 Å². The maximum absolute atomic E-state index is 2.34. The van der Waals surface area contributed by atoms with E-state index in [1.165, 1.54) is 27.9 Å². The number of hydrogen-bond donors (Lipinski definition) is 0. The van der Waals surface area contributed by atoms with Gasteiger partial charge in [-0.2, -0.15) is 0 Å². The molecular formula is C15H10. The lowest BCUT2D eigenvalue weighted by atomic mass is 9.91. The van der Waals surface area contributed by atoms with Crippen LogP contribution in [0.3, 0.4) is 0 Å². The Morgan fingerprint density at radius 2 is 1.93 bits per heavy atom. The lowest BCUT2D eigenvalue weighted by Crippen LogP contribution is -1.99. The third-order valence-corrected chi connectivity index (χ3v) is 3.39. The fraction of sp³-hybridized carbons (Fsp3) is 0.0667. The molecule has 1 atom stereocenters. The molecule has 0 radical (unpaired) electrons. The molecular weight excluding hydrogens is 180 g/mol. The van der Waals surface area contributed by atoms with Crippen molar-refractivity contribution in [2.45, 2.75) is 0 Å². The molecule has 0 spiro atoms. The molecule has 1 unspecified atom stereocenters. The number of allylic oxidation sites excluding steroid dienone is 14. The van der Waals surface area contributed by atoms with Crippen LogP contribution in [0.2, 0.25) is 0 Å². The van der Waals surface area contributed by atoms with Gasteiger partial charge in [0.2, 0.25) is 0 Å². The zero-order valence-corrected chi connectivity index (χ0v) is 8.27. The molecule has 0 fully saturated rings. The predicted molar refractivity (Wildman–Crippen MR) is 62.2 cm³/mol. The average molecular weight is 190 g/mol. The van der Waals surface area contributed by atoms with Gasteiger partial charge >= 0.3 is 0 Å². The van der Waals surface area contributed by atoms with Crippen LogP contribution in [-0.2, 0) is 0 Å². The van der Waals surface area contributed by atoms with Crippen molar-refractivity contribution >= 4 is 0 Å². The molecule has 0 amide bonds. The van der Waals surface area contributed by atoms with Crippen LogP contribution in [0.4, 0.5) is 0 Å². The molecule has 0 saturated heterocycles. The van der Waals surface area contributed by atoms with Crippen molar-refractivity contribution in [2.24, 2.45) is 5.92 Å². The molecule has 0 aromatic carbocycles. The van der Waals surface area contributed by atoms with Crippen molar-refractivity contribution < 1.29 is 0 Å². The highest BCUT2D eigenvalue weighted by molar-refractivity contribution is 5.77.